The molecule has 0 N–H and O–H groups in total. The summed E-state index contributed by atoms with van der Waals surface area (Å²) in [5, 5.41) is 0.477. The summed E-state index contributed by atoms with van der Waals surface area (Å²) in [5.74, 6) is 1.47. The van der Waals surface area contributed by atoms with Crippen molar-refractivity contribution in [3.8, 4) is 11.5 Å². The fraction of sp³-hybridized carbons (Fsp3) is 0.385. The summed E-state index contributed by atoms with van der Waals surface area (Å²) in [6.45, 7) is 7.34. The van der Waals surface area contributed by atoms with Gasteiger partial charge >= 0.3 is 0 Å². The molecule has 0 saturated heterocycles. The number of unbranched alkanes of at least 4 members (excludes halogenated alkanes) is 1. The Bertz CT molecular complexity index is 1200. The first kappa shape index (κ1) is 21.9. The second-order valence-corrected chi connectivity index (χ2v) is 8.54. The van der Waals surface area contributed by atoms with Crippen molar-refractivity contribution in [3.05, 3.63) is 69.6 Å². The summed E-state index contributed by atoms with van der Waals surface area (Å²) in [4.78, 5) is 28.5. The first-order valence-electron chi connectivity index (χ1n) is 11.1. The molecule has 2 heterocycles. The lowest BCUT2D eigenvalue weighted by Crippen LogP contribution is -2.30. The molecule has 0 spiro atoms. The number of carbonyl (C=O) groups excluding carboxylic acids is 1. The fourth-order valence-corrected chi connectivity index (χ4v) is 4.10. The molecule has 0 bridgehead atoms. The third-order valence-corrected chi connectivity index (χ3v) is 5.70. The third kappa shape index (κ3) is 3.85. The minimum atomic E-state index is -0.530. The third-order valence-electron chi connectivity index (χ3n) is 5.70. The van der Waals surface area contributed by atoms with Crippen LogP contribution in [0.4, 0.5) is 0 Å². The van der Waals surface area contributed by atoms with E-state index in [1.807, 2.05) is 18.2 Å². The minimum Gasteiger partial charge on any atom is -0.493 e. The summed E-state index contributed by atoms with van der Waals surface area (Å²) in [6, 6.07) is 12.1. The number of hydrogen-bond donors (Lipinski definition) is 0. The first-order chi connectivity index (χ1) is 15.5. The number of hydrogen-bond acceptors (Lipinski definition) is 5. The van der Waals surface area contributed by atoms with Crippen LogP contribution in [0.15, 0.2) is 51.7 Å². The normalized spacial score (nSPS) is 15.5. The number of nitrogens with zero attached hydrogens (tertiary/aromatic N) is 1. The molecule has 1 amide bonds. The fourth-order valence-electron chi connectivity index (χ4n) is 4.10. The molecule has 0 radical (unpaired) electrons. The van der Waals surface area contributed by atoms with Gasteiger partial charge < -0.3 is 18.8 Å². The second kappa shape index (κ2) is 9.07. The van der Waals surface area contributed by atoms with E-state index in [9.17, 15) is 9.59 Å². The molecule has 0 saturated carbocycles. The van der Waals surface area contributed by atoms with E-state index in [-0.39, 0.29) is 17.1 Å². The molecule has 168 valence electrons. The van der Waals surface area contributed by atoms with Crippen LogP contribution in [0.3, 0.4) is 0 Å². The standard InChI is InChI=1S/C26H29NO5/c1-5-6-13-27-23(17-11-12-20(21(14-17)30-4)31-15-16(2)3)22-24(28)18-9-7-8-10-19(18)32-25(22)26(27)29/h7-12,14,16,23H,5-6,13,15H2,1-4H3/t23-/m0/s1. The Morgan fingerprint density at radius 1 is 1.09 bits per heavy atom. The van der Waals surface area contributed by atoms with E-state index in [1.165, 1.54) is 0 Å². The van der Waals surface area contributed by atoms with Crippen LogP contribution in [0.1, 0.15) is 61.3 Å². The van der Waals surface area contributed by atoms with Crippen LogP contribution in [0.5, 0.6) is 11.5 Å². The lowest BCUT2D eigenvalue weighted by atomic mass is 9.98. The van der Waals surface area contributed by atoms with Gasteiger partial charge in [-0.1, -0.05) is 45.4 Å². The molecule has 6 nitrogen and oxygen atoms in total. The Morgan fingerprint density at radius 2 is 1.88 bits per heavy atom. The number of carbonyl (C=O) groups is 1. The zero-order chi connectivity index (χ0) is 22.8. The van der Waals surface area contributed by atoms with E-state index >= 15 is 0 Å². The van der Waals surface area contributed by atoms with Gasteiger partial charge in [0.05, 0.1) is 30.7 Å². The number of benzene rings is 2. The predicted molar refractivity (Wildman–Crippen MR) is 124 cm³/mol. The molecule has 0 fully saturated rings. The lowest BCUT2D eigenvalue weighted by Gasteiger charge is -2.25. The summed E-state index contributed by atoms with van der Waals surface area (Å²) in [7, 11) is 1.59. The van der Waals surface area contributed by atoms with Gasteiger partial charge in [-0.25, -0.2) is 0 Å². The second-order valence-electron chi connectivity index (χ2n) is 8.54. The molecular weight excluding hydrogens is 406 g/mol. The van der Waals surface area contributed by atoms with Gasteiger partial charge in [0, 0.05) is 6.54 Å². The maximum atomic E-state index is 13.5. The molecule has 32 heavy (non-hydrogen) atoms. The molecule has 4 rings (SSSR count). The highest BCUT2D eigenvalue weighted by Gasteiger charge is 2.42. The highest BCUT2D eigenvalue weighted by molar-refractivity contribution is 5.99. The van der Waals surface area contributed by atoms with Gasteiger partial charge in [0.2, 0.25) is 5.76 Å². The zero-order valence-electron chi connectivity index (χ0n) is 19.0. The minimum absolute atomic E-state index is 0.133. The molecule has 1 aromatic heterocycles. The highest BCUT2D eigenvalue weighted by Crippen LogP contribution is 2.41. The van der Waals surface area contributed by atoms with Gasteiger partial charge in [-0.2, -0.15) is 0 Å². The Kier molecular flexibility index (Phi) is 6.21. The van der Waals surface area contributed by atoms with Crippen molar-refractivity contribution in [1.82, 2.24) is 4.90 Å². The number of ether oxygens (including phenoxy) is 2. The van der Waals surface area contributed by atoms with Gasteiger partial charge in [-0.05, 0) is 42.2 Å². The SMILES string of the molecule is CCCCN1C(=O)c2oc3ccccc3c(=O)c2[C@@H]1c1ccc(OCC(C)C)c(OC)c1. The molecule has 0 aliphatic carbocycles. The Labute approximate surface area is 187 Å². The van der Waals surface area contributed by atoms with E-state index in [4.69, 9.17) is 13.9 Å². The van der Waals surface area contributed by atoms with E-state index in [0.29, 0.717) is 47.1 Å². The number of amides is 1. The van der Waals surface area contributed by atoms with E-state index in [2.05, 4.69) is 20.8 Å². The first-order valence-corrected chi connectivity index (χ1v) is 11.1. The smallest absolute Gasteiger partial charge is 0.290 e. The van der Waals surface area contributed by atoms with Crippen LogP contribution in [-0.2, 0) is 0 Å². The van der Waals surface area contributed by atoms with Crippen molar-refractivity contribution in [2.75, 3.05) is 20.3 Å². The van der Waals surface area contributed by atoms with Crippen molar-refractivity contribution in [2.45, 2.75) is 39.7 Å². The monoisotopic (exact) mass is 435 g/mol. The zero-order valence-corrected chi connectivity index (χ0v) is 19.0. The van der Waals surface area contributed by atoms with Crippen LogP contribution in [0.25, 0.3) is 11.0 Å². The molecule has 1 aliphatic rings. The van der Waals surface area contributed by atoms with Crippen LogP contribution < -0.4 is 14.9 Å². The number of para-hydroxylation sites is 1. The molecule has 1 aliphatic heterocycles. The summed E-state index contributed by atoms with van der Waals surface area (Å²) >= 11 is 0. The van der Waals surface area contributed by atoms with Gasteiger partial charge in [-0.3, -0.25) is 9.59 Å². The van der Waals surface area contributed by atoms with Crippen molar-refractivity contribution >= 4 is 16.9 Å². The van der Waals surface area contributed by atoms with Crippen molar-refractivity contribution in [1.29, 1.82) is 0 Å². The summed E-state index contributed by atoms with van der Waals surface area (Å²) in [6.07, 6.45) is 1.76. The largest absolute Gasteiger partial charge is 0.493 e. The summed E-state index contributed by atoms with van der Waals surface area (Å²) < 4.78 is 17.4. The Hall–Kier alpha value is -3.28. The predicted octanol–water partition coefficient (Wildman–Crippen LogP) is 5.18. The van der Waals surface area contributed by atoms with Gasteiger partial charge in [0.15, 0.2) is 16.9 Å². The topological polar surface area (TPSA) is 69.0 Å². The quantitative estimate of drug-likeness (QED) is 0.488. The van der Waals surface area contributed by atoms with E-state index in [1.54, 1.807) is 36.3 Å². The van der Waals surface area contributed by atoms with Crippen LogP contribution >= 0.6 is 0 Å². The molecule has 6 heteroatoms. The average molecular weight is 436 g/mol. The van der Waals surface area contributed by atoms with Gasteiger partial charge in [-0.15, -0.1) is 0 Å². The van der Waals surface area contributed by atoms with Crippen molar-refractivity contribution in [2.24, 2.45) is 5.92 Å². The molecule has 3 aromatic rings. The van der Waals surface area contributed by atoms with E-state index in [0.717, 1.165) is 18.4 Å². The van der Waals surface area contributed by atoms with Crippen LogP contribution in [0, 0.1) is 5.92 Å². The van der Waals surface area contributed by atoms with Gasteiger partial charge in [0.1, 0.15) is 5.58 Å². The molecular formula is C26H29NO5. The highest BCUT2D eigenvalue weighted by atomic mass is 16.5. The number of fused-ring (bicyclic) bond motifs is 2. The maximum Gasteiger partial charge on any atom is 0.290 e. The van der Waals surface area contributed by atoms with Crippen molar-refractivity contribution in [3.63, 3.8) is 0 Å². The van der Waals surface area contributed by atoms with Gasteiger partial charge in [0.25, 0.3) is 5.91 Å². The molecule has 1 atom stereocenters. The van der Waals surface area contributed by atoms with Crippen LogP contribution in [0.2, 0.25) is 0 Å². The molecule has 2 aromatic carbocycles. The Balaban J connectivity index is 1.85. The summed E-state index contributed by atoms with van der Waals surface area (Å²) in [5.41, 5.74) is 1.45. The Morgan fingerprint density at radius 3 is 2.59 bits per heavy atom. The number of methoxy groups -OCH3 is 1. The maximum absolute atomic E-state index is 13.5. The molecule has 0 unspecified atom stereocenters. The average Bonchev–Trinajstić information content (AvgIpc) is 3.08. The lowest BCUT2D eigenvalue weighted by molar-refractivity contribution is 0.0725. The number of rotatable bonds is 8. The van der Waals surface area contributed by atoms with E-state index < -0.39 is 6.04 Å². The van der Waals surface area contributed by atoms with Crippen LogP contribution in [-0.4, -0.2) is 31.1 Å². The van der Waals surface area contributed by atoms with Crippen molar-refractivity contribution < 1.29 is 18.7 Å².